The molecule has 0 unspecified atom stereocenters. The van der Waals surface area contributed by atoms with Gasteiger partial charge in [-0.2, -0.15) is 0 Å². The summed E-state index contributed by atoms with van der Waals surface area (Å²) in [6, 6.07) is 15.9. The van der Waals surface area contributed by atoms with Crippen LogP contribution < -0.4 is 5.32 Å². The third-order valence-corrected chi connectivity index (χ3v) is 6.38. The molecule has 0 aliphatic heterocycles. The number of esters is 1. The minimum atomic E-state index is -0.467. The number of hydrogen-bond donors (Lipinski definition) is 1. The predicted molar refractivity (Wildman–Crippen MR) is 135 cm³/mol. The lowest BCUT2D eigenvalue weighted by Gasteiger charge is -2.09. The van der Waals surface area contributed by atoms with E-state index >= 15 is 0 Å². The van der Waals surface area contributed by atoms with Gasteiger partial charge in [-0.15, -0.1) is 23.1 Å². The molecule has 168 valence electrons. The second kappa shape index (κ2) is 10.3. The van der Waals surface area contributed by atoms with Crippen LogP contribution in [-0.2, 0) is 4.74 Å². The molecule has 7 nitrogen and oxygen atoms in total. The van der Waals surface area contributed by atoms with Gasteiger partial charge >= 0.3 is 5.97 Å². The van der Waals surface area contributed by atoms with Crippen LogP contribution in [0.2, 0.25) is 0 Å². The van der Waals surface area contributed by atoms with Gasteiger partial charge in [-0.05, 0) is 47.7 Å². The van der Waals surface area contributed by atoms with Crippen LogP contribution in [0.3, 0.4) is 0 Å². The Morgan fingerprint density at radius 3 is 2.56 bits per heavy atom. The van der Waals surface area contributed by atoms with Crippen molar-refractivity contribution in [1.29, 1.82) is 0 Å². The zero-order chi connectivity index (χ0) is 24.1. The quantitative estimate of drug-likeness (QED) is 0.199. The number of ether oxygens (including phenoxy) is 1. The number of methoxy groups -OCH3 is 1. The number of hydrogen-bond acceptors (Lipinski definition) is 7. The van der Waals surface area contributed by atoms with Crippen LogP contribution in [0.5, 0.6) is 0 Å². The lowest BCUT2D eigenvalue weighted by atomic mass is 9.98. The summed E-state index contributed by atoms with van der Waals surface area (Å²) in [5, 5.41) is 5.71. The van der Waals surface area contributed by atoms with Crippen LogP contribution in [-0.4, -0.2) is 35.2 Å². The molecule has 34 heavy (non-hydrogen) atoms. The van der Waals surface area contributed by atoms with Crippen molar-refractivity contribution in [1.82, 2.24) is 9.97 Å². The van der Waals surface area contributed by atoms with E-state index in [0.29, 0.717) is 38.2 Å². The number of thioether (sulfide) groups is 1. The van der Waals surface area contributed by atoms with E-state index in [1.807, 2.05) is 29.8 Å². The number of nitrogens with zero attached hydrogens (tertiary/aromatic N) is 3. The molecule has 0 atom stereocenters. The Labute approximate surface area is 204 Å². The van der Waals surface area contributed by atoms with Crippen LogP contribution in [0.1, 0.15) is 20.7 Å². The first-order chi connectivity index (χ1) is 16.5. The third-order valence-electron chi connectivity index (χ3n) is 4.91. The number of anilines is 1. The van der Waals surface area contributed by atoms with E-state index in [4.69, 9.17) is 11.3 Å². The van der Waals surface area contributed by atoms with Gasteiger partial charge in [0.1, 0.15) is 5.03 Å². The van der Waals surface area contributed by atoms with E-state index in [2.05, 4.69) is 20.1 Å². The van der Waals surface area contributed by atoms with Crippen LogP contribution in [0.4, 0.5) is 10.8 Å². The summed E-state index contributed by atoms with van der Waals surface area (Å²) in [6.07, 6.45) is 3.51. The summed E-state index contributed by atoms with van der Waals surface area (Å²) in [4.78, 5) is 37.2. The smallest absolute Gasteiger partial charge is 0.337 e. The Balaban J connectivity index is 1.67. The van der Waals surface area contributed by atoms with Crippen molar-refractivity contribution in [3.63, 3.8) is 0 Å². The maximum atomic E-state index is 12.7. The second-order valence-electron chi connectivity index (χ2n) is 7.00. The zero-order valence-electron chi connectivity index (χ0n) is 18.2. The average molecular weight is 487 g/mol. The molecule has 2 heterocycles. The number of carbonyl (C=O) groups excluding carboxylic acids is 2. The fourth-order valence-electron chi connectivity index (χ4n) is 3.26. The highest BCUT2D eigenvalue weighted by molar-refractivity contribution is 7.98. The van der Waals surface area contributed by atoms with Gasteiger partial charge in [-0.25, -0.2) is 19.6 Å². The molecule has 2 aromatic heterocycles. The van der Waals surface area contributed by atoms with Crippen molar-refractivity contribution in [2.45, 2.75) is 5.03 Å². The Morgan fingerprint density at radius 1 is 1.09 bits per heavy atom. The predicted octanol–water partition coefficient (Wildman–Crippen LogP) is 6.18. The van der Waals surface area contributed by atoms with Crippen LogP contribution >= 0.6 is 23.1 Å². The van der Waals surface area contributed by atoms with Crippen molar-refractivity contribution in [3.8, 4) is 22.4 Å². The summed E-state index contributed by atoms with van der Waals surface area (Å²) >= 11 is 2.68. The molecule has 4 aromatic rings. The van der Waals surface area contributed by atoms with E-state index < -0.39 is 5.97 Å². The van der Waals surface area contributed by atoms with Gasteiger partial charge in [0.2, 0.25) is 0 Å². The molecular weight excluding hydrogens is 468 g/mol. The van der Waals surface area contributed by atoms with E-state index in [0.717, 1.165) is 11.1 Å². The maximum absolute atomic E-state index is 12.7. The summed E-state index contributed by atoms with van der Waals surface area (Å²) in [5.41, 5.74) is 4.34. The minimum Gasteiger partial charge on any atom is -0.465 e. The molecule has 0 aliphatic carbocycles. The van der Waals surface area contributed by atoms with Crippen LogP contribution in [0.15, 0.2) is 71.2 Å². The molecule has 1 N–H and O–H groups in total. The summed E-state index contributed by atoms with van der Waals surface area (Å²) in [5.74, 6) is -0.756. The molecule has 0 saturated heterocycles. The highest BCUT2D eigenvalue weighted by Gasteiger charge is 2.16. The summed E-state index contributed by atoms with van der Waals surface area (Å²) in [6.45, 7) is 7.13. The SMILES string of the molecule is [C-]#[N+]c1ccc(-c2cc(C(=O)OC)cc(-c3csc(NC(=O)c4cccnc4SC)n3)c2)cc1. The van der Waals surface area contributed by atoms with Crippen molar-refractivity contribution >= 4 is 45.8 Å². The van der Waals surface area contributed by atoms with E-state index in [1.165, 1.54) is 30.2 Å². The van der Waals surface area contributed by atoms with Crippen LogP contribution in [0, 0.1) is 6.57 Å². The van der Waals surface area contributed by atoms with Crippen LogP contribution in [0.25, 0.3) is 27.2 Å². The lowest BCUT2D eigenvalue weighted by molar-refractivity contribution is 0.0600. The molecule has 0 aliphatic rings. The summed E-state index contributed by atoms with van der Waals surface area (Å²) < 4.78 is 4.92. The number of nitrogens with one attached hydrogen (secondary N) is 1. The highest BCUT2D eigenvalue weighted by atomic mass is 32.2. The van der Waals surface area contributed by atoms with Crippen molar-refractivity contribution < 1.29 is 14.3 Å². The standard InChI is InChI=1S/C25H18N4O3S2/c1-26-19-8-6-15(7-9-19)16-11-17(13-18(12-16)24(31)32-2)21-14-34-25(28-21)29-22(30)20-5-4-10-27-23(20)33-3/h4-14H,2-3H3,(H,28,29,30). The van der Waals surface area contributed by atoms with E-state index in [-0.39, 0.29) is 5.91 Å². The van der Waals surface area contributed by atoms with Crippen molar-refractivity contribution in [3.05, 3.63) is 88.7 Å². The molecule has 0 saturated carbocycles. The molecule has 0 fully saturated rings. The fourth-order valence-corrected chi connectivity index (χ4v) is 4.52. The number of aromatic nitrogens is 2. The number of pyridine rings is 1. The van der Waals surface area contributed by atoms with Gasteiger partial charge in [0.25, 0.3) is 5.91 Å². The summed E-state index contributed by atoms with van der Waals surface area (Å²) in [7, 11) is 1.33. The maximum Gasteiger partial charge on any atom is 0.337 e. The van der Waals surface area contributed by atoms with Gasteiger partial charge in [-0.3, -0.25) is 10.1 Å². The normalized spacial score (nSPS) is 10.4. The second-order valence-corrected chi connectivity index (χ2v) is 8.65. The van der Waals surface area contributed by atoms with Gasteiger partial charge in [0.05, 0.1) is 30.5 Å². The minimum absolute atomic E-state index is 0.290. The zero-order valence-corrected chi connectivity index (χ0v) is 19.9. The van der Waals surface area contributed by atoms with Crippen molar-refractivity contribution in [2.24, 2.45) is 0 Å². The van der Waals surface area contributed by atoms with E-state index in [1.54, 1.807) is 42.6 Å². The largest absolute Gasteiger partial charge is 0.465 e. The topological polar surface area (TPSA) is 85.5 Å². The monoisotopic (exact) mass is 486 g/mol. The average Bonchev–Trinajstić information content (AvgIpc) is 3.36. The number of amides is 1. The molecule has 9 heteroatoms. The number of benzene rings is 2. The van der Waals surface area contributed by atoms with Gasteiger partial charge in [0, 0.05) is 17.1 Å². The molecule has 1 amide bonds. The third kappa shape index (κ3) is 4.98. The van der Waals surface area contributed by atoms with Gasteiger partial charge in [0.15, 0.2) is 10.8 Å². The Hall–Kier alpha value is -4.00. The molecule has 4 rings (SSSR count). The highest BCUT2D eigenvalue weighted by Crippen LogP contribution is 2.32. The first-order valence-corrected chi connectivity index (χ1v) is 12.1. The molecule has 0 radical (unpaired) electrons. The van der Waals surface area contributed by atoms with E-state index in [9.17, 15) is 9.59 Å². The van der Waals surface area contributed by atoms with Gasteiger partial charge in [-0.1, -0.05) is 24.3 Å². The first-order valence-electron chi connectivity index (χ1n) is 10.00. The molecular formula is C25H18N4O3S2. The fraction of sp³-hybridized carbons (Fsp3) is 0.0800. The Bertz CT molecular complexity index is 1410. The molecule has 0 bridgehead atoms. The first kappa shape index (κ1) is 23.2. The Morgan fingerprint density at radius 2 is 1.85 bits per heavy atom. The number of rotatable bonds is 6. The number of thiazole rings is 1. The molecule has 2 aromatic carbocycles. The van der Waals surface area contributed by atoms with Crippen molar-refractivity contribution in [2.75, 3.05) is 18.7 Å². The van der Waals surface area contributed by atoms with Gasteiger partial charge < -0.3 is 4.74 Å². The lowest BCUT2D eigenvalue weighted by Crippen LogP contribution is -2.13. The Kier molecular flexibility index (Phi) is 7.01. The molecule has 0 spiro atoms. The number of carbonyl (C=O) groups is 2.